The molecule has 1 fully saturated rings. The molecule has 1 aliphatic heterocycles. The van der Waals surface area contributed by atoms with E-state index >= 15 is 0 Å². The lowest BCUT2D eigenvalue weighted by Gasteiger charge is -2.21. The Morgan fingerprint density at radius 2 is 2.39 bits per heavy atom. The highest BCUT2D eigenvalue weighted by Gasteiger charge is 2.35. The van der Waals surface area contributed by atoms with Crippen LogP contribution in [0.25, 0.3) is 0 Å². The zero-order chi connectivity index (χ0) is 13.3. The molecule has 1 aliphatic rings. The maximum Gasteiger partial charge on any atom is 0.326 e. The summed E-state index contributed by atoms with van der Waals surface area (Å²) in [7, 11) is 0. The van der Waals surface area contributed by atoms with Crippen molar-refractivity contribution in [1.29, 1.82) is 0 Å². The van der Waals surface area contributed by atoms with E-state index in [9.17, 15) is 14.9 Å². The maximum atomic E-state index is 11.1. The topological polar surface area (TPSA) is 96.6 Å². The average molecular weight is 272 g/mol. The molecule has 0 aliphatic carbocycles. The Hall–Kier alpha value is -1.89. The first-order valence-electron chi connectivity index (χ1n) is 5.30. The first-order chi connectivity index (χ1) is 8.50. The molecule has 0 unspecified atom stereocenters. The number of aromatic nitrogens is 1. The van der Waals surface area contributed by atoms with Gasteiger partial charge in [0.25, 0.3) is 0 Å². The van der Waals surface area contributed by atoms with Crippen LogP contribution in [0.1, 0.15) is 12.8 Å². The van der Waals surface area contributed by atoms with Crippen molar-refractivity contribution in [3.8, 4) is 0 Å². The standard InChI is InChI=1S/C10H10ClN3O4/c11-6-4-8(14(17)18)9(12-5-6)13-3-1-2-7(13)10(15)16/h4-5,7H,1-3H2,(H,15,16)/t7-/m1/s1. The Bertz CT molecular complexity index is 508. The number of hydrogen-bond donors (Lipinski definition) is 1. The van der Waals surface area contributed by atoms with Gasteiger partial charge in [0.05, 0.1) is 9.95 Å². The second-order valence-corrected chi connectivity index (χ2v) is 4.38. The summed E-state index contributed by atoms with van der Waals surface area (Å²) in [4.78, 5) is 26.7. The third kappa shape index (κ3) is 2.21. The van der Waals surface area contributed by atoms with Gasteiger partial charge >= 0.3 is 11.7 Å². The van der Waals surface area contributed by atoms with E-state index in [-0.39, 0.29) is 16.5 Å². The predicted octanol–water partition coefficient (Wildman–Crippen LogP) is 1.70. The minimum absolute atomic E-state index is 0.0642. The fourth-order valence-electron chi connectivity index (χ4n) is 2.05. The number of aliphatic carboxylic acids is 1. The molecule has 1 aromatic rings. The fourth-order valence-corrected chi connectivity index (χ4v) is 2.21. The molecule has 1 N–H and O–H groups in total. The Balaban J connectivity index is 2.44. The van der Waals surface area contributed by atoms with Crippen molar-refractivity contribution < 1.29 is 14.8 Å². The van der Waals surface area contributed by atoms with Crippen LogP contribution in [0.4, 0.5) is 11.5 Å². The molecular formula is C10H10ClN3O4. The summed E-state index contributed by atoms with van der Waals surface area (Å²) in [6.07, 6.45) is 2.40. The van der Waals surface area contributed by atoms with Crippen molar-refractivity contribution in [3.05, 3.63) is 27.4 Å². The van der Waals surface area contributed by atoms with Crippen LogP contribution in [0.3, 0.4) is 0 Å². The lowest BCUT2D eigenvalue weighted by Crippen LogP contribution is -2.36. The van der Waals surface area contributed by atoms with Gasteiger partial charge in [-0.3, -0.25) is 10.1 Å². The molecule has 0 spiro atoms. The molecule has 7 nitrogen and oxygen atoms in total. The first kappa shape index (κ1) is 12.6. The quantitative estimate of drug-likeness (QED) is 0.664. The molecule has 18 heavy (non-hydrogen) atoms. The van der Waals surface area contributed by atoms with Crippen molar-refractivity contribution in [2.24, 2.45) is 0 Å². The summed E-state index contributed by atoms with van der Waals surface area (Å²) in [6.45, 7) is 0.437. The summed E-state index contributed by atoms with van der Waals surface area (Å²) in [5.41, 5.74) is -0.268. The number of anilines is 1. The molecule has 96 valence electrons. The van der Waals surface area contributed by atoms with E-state index in [0.29, 0.717) is 19.4 Å². The monoisotopic (exact) mass is 271 g/mol. The SMILES string of the molecule is O=C(O)[C@H]1CCCN1c1ncc(Cl)cc1[N+](=O)[O-]. The van der Waals surface area contributed by atoms with E-state index in [1.165, 1.54) is 17.2 Å². The van der Waals surface area contributed by atoms with Gasteiger partial charge in [-0.05, 0) is 12.8 Å². The molecule has 1 aromatic heterocycles. The van der Waals surface area contributed by atoms with E-state index in [0.717, 1.165) is 0 Å². The van der Waals surface area contributed by atoms with Crippen molar-refractivity contribution in [2.45, 2.75) is 18.9 Å². The van der Waals surface area contributed by atoms with Crippen molar-refractivity contribution in [3.63, 3.8) is 0 Å². The number of hydrogen-bond acceptors (Lipinski definition) is 5. The molecule has 8 heteroatoms. The van der Waals surface area contributed by atoms with Crippen molar-refractivity contribution in [1.82, 2.24) is 4.98 Å². The molecule has 1 saturated heterocycles. The van der Waals surface area contributed by atoms with Crippen LogP contribution in [0, 0.1) is 10.1 Å². The van der Waals surface area contributed by atoms with E-state index in [4.69, 9.17) is 16.7 Å². The minimum atomic E-state index is -1.00. The molecule has 0 radical (unpaired) electrons. The number of carbonyl (C=O) groups is 1. The van der Waals surface area contributed by atoms with Gasteiger partial charge in [0.15, 0.2) is 0 Å². The minimum Gasteiger partial charge on any atom is -0.480 e. The summed E-state index contributed by atoms with van der Waals surface area (Å²) in [5, 5.41) is 20.2. The van der Waals surface area contributed by atoms with Gasteiger partial charge in [-0.15, -0.1) is 0 Å². The summed E-state index contributed by atoms with van der Waals surface area (Å²) < 4.78 is 0. The number of carboxylic acids is 1. The Morgan fingerprint density at radius 3 is 3.00 bits per heavy atom. The van der Waals surface area contributed by atoms with Gasteiger partial charge in [-0.25, -0.2) is 9.78 Å². The Labute approximate surface area is 107 Å². The summed E-state index contributed by atoms with van der Waals surface area (Å²) in [5.74, 6) is -0.937. The van der Waals surface area contributed by atoms with Crippen molar-refractivity contribution >= 4 is 29.1 Å². The molecule has 1 atom stereocenters. The van der Waals surface area contributed by atoms with E-state index < -0.39 is 16.9 Å². The van der Waals surface area contributed by atoms with Gasteiger partial charge in [0.1, 0.15) is 6.04 Å². The van der Waals surface area contributed by atoms with Gasteiger partial charge in [0, 0.05) is 18.8 Å². The van der Waals surface area contributed by atoms with Crippen LogP contribution in [0.5, 0.6) is 0 Å². The molecule has 2 heterocycles. The largest absolute Gasteiger partial charge is 0.480 e. The zero-order valence-electron chi connectivity index (χ0n) is 9.24. The number of halogens is 1. The van der Waals surface area contributed by atoms with Gasteiger partial charge in [-0.2, -0.15) is 0 Å². The van der Waals surface area contributed by atoms with Crippen molar-refractivity contribution in [2.75, 3.05) is 11.4 Å². The van der Waals surface area contributed by atoms with E-state index in [2.05, 4.69) is 4.98 Å². The lowest BCUT2D eigenvalue weighted by molar-refractivity contribution is -0.384. The second-order valence-electron chi connectivity index (χ2n) is 3.94. The summed E-state index contributed by atoms with van der Waals surface area (Å²) >= 11 is 5.66. The van der Waals surface area contributed by atoms with Crippen LogP contribution < -0.4 is 4.90 Å². The van der Waals surface area contributed by atoms with Gasteiger partial charge in [-0.1, -0.05) is 11.6 Å². The fraction of sp³-hybridized carbons (Fsp3) is 0.400. The average Bonchev–Trinajstić information content (AvgIpc) is 2.77. The smallest absolute Gasteiger partial charge is 0.326 e. The Kier molecular flexibility index (Phi) is 3.33. The molecule has 0 amide bonds. The highest BCUT2D eigenvalue weighted by Crippen LogP contribution is 2.33. The number of nitro groups is 1. The molecule has 2 rings (SSSR count). The van der Waals surface area contributed by atoms with Crippen LogP contribution in [0.2, 0.25) is 5.02 Å². The molecule has 0 bridgehead atoms. The lowest BCUT2D eigenvalue weighted by atomic mass is 10.2. The molecule has 0 aromatic carbocycles. The Morgan fingerprint density at radius 1 is 1.67 bits per heavy atom. The normalized spacial score (nSPS) is 18.9. The number of pyridine rings is 1. The van der Waals surface area contributed by atoms with E-state index in [1.807, 2.05) is 0 Å². The first-order valence-corrected chi connectivity index (χ1v) is 5.68. The van der Waals surface area contributed by atoms with Gasteiger partial charge in [0.2, 0.25) is 5.82 Å². The third-order valence-corrected chi connectivity index (χ3v) is 3.03. The third-order valence-electron chi connectivity index (χ3n) is 2.82. The van der Waals surface area contributed by atoms with Crippen LogP contribution >= 0.6 is 11.6 Å². The summed E-state index contributed by atoms with van der Waals surface area (Å²) in [6, 6.07) is 0.415. The zero-order valence-corrected chi connectivity index (χ0v) is 10.0. The maximum absolute atomic E-state index is 11.1. The highest BCUT2D eigenvalue weighted by molar-refractivity contribution is 6.30. The molecule has 0 saturated carbocycles. The number of nitrogens with zero attached hydrogens (tertiary/aromatic N) is 3. The van der Waals surface area contributed by atoms with Crippen LogP contribution in [0.15, 0.2) is 12.3 Å². The molecular weight excluding hydrogens is 262 g/mol. The van der Waals surface area contributed by atoms with Crippen LogP contribution in [-0.4, -0.2) is 33.6 Å². The number of rotatable bonds is 3. The van der Waals surface area contributed by atoms with E-state index in [1.54, 1.807) is 0 Å². The predicted molar refractivity (Wildman–Crippen MR) is 63.9 cm³/mol. The number of carboxylic acid groups (broad SMARTS) is 1. The van der Waals surface area contributed by atoms with Gasteiger partial charge < -0.3 is 10.0 Å². The second kappa shape index (κ2) is 4.77. The highest BCUT2D eigenvalue weighted by atomic mass is 35.5. The van der Waals surface area contributed by atoms with Crippen LogP contribution in [-0.2, 0) is 4.79 Å².